The fourth-order valence-electron chi connectivity index (χ4n) is 9.27. The molecule has 6 nitrogen and oxygen atoms in total. The monoisotopic (exact) mass is 1010 g/mol. The van der Waals surface area contributed by atoms with E-state index in [-0.39, 0.29) is 31.1 Å². The molecule has 0 saturated carbocycles. The van der Waals surface area contributed by atoms with Gasteiger partial charge in [-0.15, -0.1) is 0 Å². The van der Waals surface area contributed by atoms with E-state index in [9.17, 15) is 14.4 Å². The maximum atomic E-state index is 12.9. The molecule has 420 valence electrons. The van der Waals surface area contributed by atoms with Crippen LogP contribution in [-0.4, -0.2) is 37.2 Å². The zero-order valence-corrected chi connectivity index (χ0v) is 48.2. The summed E-state index contributed by atoms with van der Waals surface area (Å²) in [4.78, 5) is 38.2. The highest BCUT2D eigenvalue weighted by Gasteiger charge is 2.19. The SMILES string of the molecule is CCCCCC/C=C\C/C=C\CCCCCCCC(=O)OC(COC(=O)CCCCCCCCCCCCC)COC(=O)CCCCCCCCCCCCCCCCC/C=C\C/C=C\CCCCCCC. The summed E-state index contributed by atoms with van der Waals surface area (Å²) in [6.07, 6.45) is 75.5. The van der Waals surface area contributed by atoms with E-state index in [0.717, 1.165) is 89.9 Å². The number of rotatable bonds is 58. The fourth-order valence-corrected chi connectivity index (χ4v) is 9.27. The van der Waals surface area contributed by atoms with Gasteiger partial charge < -0.3 is 14.2 Å². The van der Waals surface area contributed by atoms with Gasteiger partial charge >= 0.3 is 17.9 Å². The maximum absolute atomic E-state index is 12.9. The van der Waals surface area contributed by atoms with Crippen molar-refractivity contribution in [3.05, 3.63) is 48.6 Å². The Morgan fingerprint density at radius 1 is 0.278 bits per heavy atom. The van der Waals surface area contributed by atoms with Crippen molar-refractivity contribution in [3.8, 4) is 0 Å². The Balaban J connectivity index is 4.20. The van der Waals surface area contributed by atoms with Gasteiger partial charge in [0.15, 0.2) is 6.10 Å². The number of unbranched alkanes of at least 4 members (excludes halogenated alkanes) is 39. The van der Waals surface area contributed by atoms with E-state index in [1.807, 2.05) is 0 Å². The number of hydrogen-bond acceptors (Lipinski definition) is 6. The zero-order chi connectivity index (χ0) is 52.2. The summed E-state index contributed by atoms with van der Waals surface area (Å²) < 4.78 is 16.9. The predicted molar refractivity (Wildman–Crippen MR) is 312 cm³/mol. The number of ether oxygens (including phenoxy) is 3. The largest absolute Gasteiger partial charge is 0.462 e. The molecule has 0 aliphatic rings. The number of carbonyl (C=O) groups is 3. The van der Waals surface area contributed by atoms with Crippen molar-refractivity contribution in [2.75, 3.05) is 13.2 Å². The molecule has 0 heterocycles. The van der Waals surface area contributed by atoms with Crippen LogP contribution in [0.3, 0.4) is 0 Å². The molecule has 1 atom stereocenters. The number of allylic oxidation sites excluding steroid dienone is 8. The van der Waals surface area contributed by atoms with E-state index in [0.29, 0.717) is 19.3 Å². The second kappa shape index (κ2) is 60.9. The van der Waals surface area contributed by atoms with Crippen LogP contribution in [0.5, 0.6) is 0 Å². The van der Waals surface area contributed by atoms with Gasteiger partial charge in [-0.25, -0.2) is 0 Å². The maximum Gasteiger partial charge on any atom is 0.306 e. The van der Waals surface area contributed by atoms with Crippen molar-refractivity contribution in [2.45, 2.75) is 341 Å². The van der Waals surface area contributed by atoms with Crippen LogP contribution in [0.2, 0.25) is 0 Å². The first-order valence-electron chi connectivity index (χ1n) is 31.6. The van der Waals surface area contributed by atoms with Crippen LogP contribution in [0.1, 0.15) is 335 Å². The zero-order valence-electron chi connectivity index (χ0n) is 48.2. The van der Waals surface area contributed by atoms with Crippen molar-refractivity contribution < 1.29 is 28.6 Å². The first-order valence-corrected chi connectivity index (χ1v) is 31.6. The minimum Gasteiger partial charge on any atom is -0.462 e. The van der Waals surface area contributed by atoms with Gasteiger partial charge in [-0.2, -0.15) is 0 Å². The summed E-state index contributed by atoms with van der Waals surface area (Å²) in [7, 11) is 0. The molecule has 0 radical (unpaired) electrons. The van der Waals surface area contributed by atoms with Crippen LogP contribution in [0.15, 0.2) is 48.6 Å². The highest BCUT2D eigenvalue weighted by Crippen LogP contribution is 2.17. The third-order valence-electron chi connectivity index (χ3n) is 14.1. The Bertz CT molecular complexity index is 1250. The van der Waals surface area contributed by atoms with Gasteiger partial charge in [-0.3, -0.25) is 14.4 Å². The summed E-state index contributed by atoms with van der Waals surface area (Å²) in [6.45, 7) is 6.63. The highest BCUT2D eigenvalue weighted by atomic mass is 16.6. The lowest BCUT2D eigenvalue weighted by molar-refractivity contribution is -0.167. The lowest BCUT2D eigenvalue weighted by Gasteiger charge is -2.18. The molecule has 6 heteroatoms. The van der Waals surface area contributed by atoms with Crippen LogP contribution in [0, 0.1) is 0 Å². The minimum absolute atomic E-state index is 0.0749. The Kier molecular flexibility index (Phi) is 58.7. The smallest absolute Gasteiger partial charge is 0.306 e. The molecule has 0 aromatic carbocycles. The average molecular weight is 1010 g/mol. The van der Waals surface area contributed by atoms with E-state index in [2.05, 4.69) is 69.4 Å². The van der Waals surface area contributed by atoms with Crippen LogP contribution < -0.4 is 0 Å². The molecule has 0 fully saturated rings. The molecule has 0 aliphatic carbocycles. The Morgan fingerprint density at radius 2 is 0.500 bits per heavy atom. The van der Waals surface area contributed by atoms with Gasteiger partial charge in [0, 0.05) is 19.3 Å². The van der Waals surface area contributed by atoms with Gasteiger partial charge in [0.2, 0.25) is 0 Å². The number of carbonyl (C=O) groups excluding carboxylic acids is 3. The molecule has 0 aromatic rings. The molecular weight excluding hydrogens is 889 g/mol. The van der Waals surface area contributed by atoms with Crippen LogP contribution in [-0.2, 0) is 28.6 Å². The van der Waals surface area contributed by atoms with Gasteiger partial charge in [0.05, 0.1) is 0 Å². The van der Waals surface area contributed by atoms with Gasteiger partial charge in [0.1, 0.15) is 13.2 Å². The van der Waals surface area contributed by atoms with Gasteiger partial charge in [0.25, 0.3) is 0 Å². The lowest BCUT2D eigenvalue weighted by Crippen LogP contribution is -2.30. The van der Waals surface area contributed by atoms with E-state index in [1.165, 1.54) is 205 Å². The molecule has 1 unspecified atom stereocenters. The van der Waals surface area contributed by atoms with Crippen molar-refractivity contribution >= 4 is 17.9 Å². The Hall–Kier alpha value is -2.63. The topological polar surface area (TPSA) is 78.9 Å². The van der Waals surface area contributed by atoms with E-state index in [4.69, 9.17) is 14.2 Å². The summed E-state index contributed by atoms with van der Waals surface area (Å²) >= 11 is 0. The Labute approximate surface area is 448 Å². The van der Waals surface area contributed by atoms with Gasteiger partial charge in [-0.05, 0) is 83.5 Å². The van der Waals surface area contributed by atoms with Crippen molar-refractivity contribution in [2.24, 2.45) is 0 Å². The molecular formula is C66H120O6. The first kappa shape index (κ1) is 69.4. The molecule has 0 aliphatic heterocycles. The lowest BCUT2D eigenvalue weighted by atomic mass is 10.0. The van der Waals surface area contributed by atoms with Crippen LogP contribution >= 0.6 is 0 Å². The number of hydrogen-bond donors (Lipinski definition) is 0. The predicted octanol–water partition coefficient (Wildman–Crippen LogP) is 21.4. The van der Waals surface area contributed by atoms with E-state index >= 15 is 0 Å². The second-order valence-electron chi connectivity index (χ2n) is 21.3. The molecule has 0 aromatic heterocycles. The normalized spacial score (nSPS) is 12.3. The average Bonchev–Trinajstić information content (AvgIpc) is 3.38. The van der Waals surface area contributed by atoms with Gasteiger partial charge in [-0.1, -0.05) is 281 Å². The first-order chi connectivity index (χ1) is 35.5. The standard InChI is InChI=1S/C66H120O6/c1-4-7-10-13-16-19-22-24-26-28-29-30-31-32-33-34-35-36-37-38-40-41-44-47-50-53-56-59-65(68)71-62-63(61-70-64(67)58-55-52-49-46-43-21-18-15-12-9-6-3)72-66(69)60-57-54-51-48-45-42-39-27-25-23-20-17-14-11-8-5-2/h20,22-24,27-29,39,63H,4-19,21,25-26,30-38,40-62H2,1-3H3/b23-20-,24-22-,29-28-,39-27-. The van der Waals surface area contributed by atoms with Crippen LogP contribution in [0.25, 0.3) is 0 Å². The summed E-state index contributed by atoms with van der Waals surface area (Å²) in [5, 5.41) is 0. The summed E-state index contributed by atoms with van der Waals surface area (Å²) in [6, 6.07) is 0. The van der Waals surface area contributed by atoms with Crippen molar-refractivity contribution in [1.29, 1.82) is 0 Å². The van der Waals surface area contributed by atoms with Crippen LogP contribution in [0.4, 0.5) is 0 Å². The summed E-state index contributed by atoms with van der Waals surface area (Å²) in [5.74, 6) is -0.872. The molecule has 0 bridgehead atoms. The molecule has 0 N–H and O–H groups in total. The van der Waals surface area contributed by atoms with E-state index < -0.39 is 6.10 Å². The Morgan fingerprint density at radius 3 is 0.778 bits per heavy atom. The fraction of sp³-hybridized carbons (Fsp3) is 0.833. The number of esters is 3. The molecule has 0 saturated heterocycles. The molecule has 72 heavy (non-hydrogen) atoms. The van der Waals surface area contributed by atoms with Crippen molar-refractivity contribution in [3.63, 3.8) is 0 Å². The highest BCUT2D eigenvalue weighted by molar-refractivity contribution is 5.71. The van der Waals surface area contributed by atoms with E-state index in [1.54, 1.807) is 0 Å². The third-order valence-corrected chi connectivity index (χ3v) is 14.1. The van der Waals surface area contributed by atoms with Crippen molar-refractivity contribution in [1.82, 2.24) is 0 Å². The molecule has 0 rings (SSSR count). The third kappa shape index (κ3) is 58.3. The molecule has 0 amide bonds. The molecule has 0 spiro atoms. The quantitative estimate of drug-likeness (QED) is 0.0261. The minimum atomic E-state index is -0.777. The summed E-state index contributed by atoms with van der Waals surface area (Å²) in [5.41, 5.74) is 0. The second-order valence-corrected chi connectivity index (χ2v) is 21.3.